The van der Waals surface area contributed by atoms with E-state index in [4.69, 9.17) is 19.7 Å². The van der Waals surface area contributed by atoms with E-state index in [1.165, 1.54) is 0 Å². The standard InChI is InChI=1S/C38H58N10O2/c1-35(2,3)25-37(7,8)47-33(39-41-43-47)31(27-13-17-29(49-11)18-14-27)45-21-23-46(24-22-45)32(28-15-19-30(50-12)20-16-28)34-40-42-44-48(34)38(9,10)26-36(4,5)6/h13-20,31-32H,21-26H2,1-12H3. The minimum absolute atomic E-state index is 0.0985. The topological polar surface area (TPSA) is 112 Å². The number of tetrazole rings is 2. The molecule has 1 aliphatic rings. The predicted octanol–water partition coefficient (Wildman–Crippen LogP) is 6.52. The van der Waals surface area contributed by atoms with Gasteiger partial charge in [0.15, 0.2) is 11.6 Å². The van der Waals surface area contributed by atoms with Crippen LogP contribution in [0.25, 0.3) is 0 Å². The number of hydrogen-bond donors (Lipinski definition) is 0. The number of methoxy groups -OCH3 is 2. The number of piperazine rings is 1. The van der Waals surface area contributed by atoms with Gasteiger partial charge >= 0.3 is 0 Å². The molecule has 2 atom stereocenters. The molecule has 3 heterocycles. The molecule has 12 heteroatoms. The van der Waals surface area contributed by atoms with Crippen LogP contribution < -0.4 is 9.47 Å². The Morgan fingerprint density at radius 3 is 1.14 bits per heavy atom. The van der Waals surface area contributed by atoms with Crippen LogP contribution >= 0.6 is 0 Å². The zero-order chi connectivity index (χ0) is 36.5. The van der Waals surface area contributed by atoms with Gasteiger partial charge < -0.3 is 9.47 Å². The van der Waals surface area contributed by atoms with Gasteiger partial charge in [-0.15, -0.1) is 10.2 Å². The van der Waals surface area contributed by atoms with E-state index in [0.717, 1.165) is 73.3 Å². The molecular weight excluding hydrogens is 628 g/mol. The van der Waals surface area contributed by atoms with Gasteiger partial charge in [-0.05, 0) is 108 Å². The smallest absolute Gasteiger partial charge is 0.173 e. The summed E-state index contributed by atoms with van der Waals surface area (Å²) in [5.41, 5.74) is 1.87. The van der Waals surface area contributed by atoms with Gasteiger partial charge in [-0.2, -0.15) is 0 Å². The molecule has 0 saturated carbocycles. The summed E-state index contributed by atoms with van der Waals surface area (Å²) in [5, 5.41) is 27.1. The molecule has 0 radical (unpaired) electrons. The van der Waals surface area contributed by atoms with E-state index in [-0.39, 0.29) is 34.0 Å². The summed E-state index contributed by atoms with van der Waals surface area (Å²) in [6.45, 7) is 25.7. The van der Waals surface area contributed by atoms with Crippen molar-refractivity contribution in [2.24, 2.45) is 10.8 Å². The lowest BCUT2D eigenvalue weighted by Gasteiger charge is -2.43. The highest BCUT2D eigenvalue weighted by Crippen LogP contribution is 2.39. The Hall–Kier alpha value is -3.90. The van der Waals surface area contributed by atoms with Crippen LogP contribution in [0.2, 0.25) is 0 Å². The summed E-state index contributed by atoms with van der Waals surface area (Å²) >= 11 is 0. The molecule has 1 fully saturated rings. The highest BCUT2D eigenvalue weighted by molar-refractivity contribution is 5.34. The lowest BCUT2D eigenvalue weighted by atomic mass is 9.81. The molecular formula is C38H58N10O2. The SMILES string of the molecule is COc1ccc(C(c2nnnn2C(C)(C)CC(C)(C)C)N2CCN(C(c3ccc(OC)cc3)c3nnnn3C(C)(C)CC(C)(C)C)CC2)cc1. The number of nitrogens with zero attached hydrogens (tertiary/aromatic N) is 10. The molecule has 0 aliphatic carbocycles. The molecule has 4 aromatic rings. The molecule has 0 spiro atoms. The molecule has 2 aromatic heterocycles. The number of hydrogen-bond acceptors (Lipinski definition) is 10. The Kier molecular flexibility index (Phi) is 10.7. The second-order valence-corrected chi connectivity index (χ2v) is 17.4. The summed E-state index contributed by atoms with van der Waals surface area (Å²) in [5.74, 6) is 3.33. The first-order valence-electron chi connectivity index (χ1n) is 17.8. The van der Waals surface area contributed by atoms with E-state index >= 15 is 0 Å². The van der Waals surface area contributed by atoms with Crippen molar-refractivity contribution >= 4 is 0 Å². The molecule has 1 aliphatic heterocycles. The van der Waals surface area contributed by atoms with Crippen LogP contribution in [-0.2, 0) is 11.1 Å². The molecule has 12 nitrogen and oxygen atoms in total. The van der Waals surface area contributed by atoms with Gasteiger partial charge in [0.25, 0.3) is 0 Å². The summed E-state index contributed by atoms with van der Waals surface area (Å²) < 4.78 is 15.1. The number of benzene rings is 2. The lowest BCUT2D eigenvalue weighted by molar-refractivity contribution is 0.0756. The van der Waals surface area contributed by atoms with E-state index in [1.807, 2.05) is 33.6 Å². The van der Waals surface area contributed by atoms with Gasteiger partial charge in [-0.1, -0.05) is 65.8 Å². The third kappa shape index (κ3) is 8.51. The second-order valence-electron chi connectivity index (χ2n) is 17.4. The van der Waals surface area contributed by atoms with Crippen molar-refractivity contribution in [3.8, 4) is 11.5 Å². The van der Waals surface area contributed by atoms with Crippen LogP contribution in [0.15, 0.2) is 48.5 Å². The van der Waals surface area contributed by atoms with E-state index in [2.05, 4.69) is 124 Å². The number of ether oxygens (including phenoxy) is 2. The molecule has 0 N–H and O–H groups in total. The Morgan fingerprint density at radius 1 is 0.540 bits per heavy atom. The molecule has 0 amide bonds. The Morgan fingerprint density at radius 2 is 0.860 bits per heavy atom. The van der Waals surface area contributed by atoms with Crippen molar-refractivity contribution in [1.29, 1.82) is 0 Å². The highest BCUT2D eigenvalue weighted by atomic mass is 16.5. The average molecular weight is 687 g/mol. The summed E-state index contributed by atoms with van der Waals surface area (Å²) in [4.78, 5) is 5.01. The van der Waals surface area contributed by atoms with Crippen molar-refractivity contribution in [1.82, 2.24) is 50.2 Å². The molecule has 0 bridgehead atoms. The van der Waals surface area contributed by atoms with Crippen molar-refractivity contribution in [3.05, 3.63) is 71.3 Å². The minimum Gasteiger partial charge on any atom is -0.497 e. The Bertz CT molecular complexity index is 1550. The van der Waals surface area contributed by atoms with Gasteiger partial charge in [0.1, 0.15) is 11.5 Å². The molecule has 2 unspecified atom stereocenters. The van der Waals surface area contributed by atoms with Crippen LogP contribution in [-0.4, -0.2) is 90.6 Å². The zero-order valence-corrected chi connectivity index (χ0v) is 32.3. The molecule has 1 saturated heterocycles. The normalized spacial score (nSPS) is 16.7. The van der Waals surface area contributed by atoms with Crippen LogP contribution in [0.5, 0.6) is 11.5 Å². The van der Waals surface area contributed by atoms with E-state index in [9.17, 15) is 0 Å². The van der Waals surface area contributed by atoms with Gasteiger partial charge in [-0.3, -0.25) is 9.80 Å². The summed E-state index contributed by atoms with van der Waals surface area (Å²) in [6.07, 6.45) is 1.84. The highest BCUT2D eigenvalue weighted by Gasteiger charge is 2.40. The molecule has 2 aromatic carbocycles. The van der Waals surface area contributed by atoms with Crippen LogP contribution in [0, 0.1) is 10.8 Å². The predicted molar refractivity (Wildman–Crippen MR) is 195 cm³/mol. The Balaban J connectivity index is 1.51. The quantitative estimate of drug-likeness (QED) is 0.163. The minimum atomic E-state index is -0.292. The van der Waals surface area contributed by atoms with Crippen LogP contribution in [0.1, 0.15) is 117 Å². The number of rotatable bonds is 12. The van der Waals surface area contributed by atoms with Crippen molar-refractivity contribution < 1.29 is 9.47 Å². The van der Waals surface area contributed by atoms with Crippen molar-refractivity contribution in [2.45, 2.75) is 105 Å². The maximum absolute atomic E-state index is 5.52. The van der Waals surface area contributed by atoms with E-state index in [0.29, 0.717) is 0 Å². The lowest BCUT2D eigenvalue weighted by Crippen LogP contribution is -2.50. The van der Waals surface area contributed by atoms with Gasteiger partial charge in [0, 0.05) is 26.2 Å². The van der Waals surface area contributed by atoms with Crippen molar-refractivity contribution in [3.63, 3.8) is 0 Å². The summed E-state index contributed by atoms with van der Waals surface area (Å²) in [6, 6.07) is 16.3. The fourth-order valence-electron chi connectivity index (χ4n) is 8.21. The summed E-state index contributed by atoms with van der Waals surface area (Å²) in [7, 11) is 3.39. The maximum atomic E-state index is 5.52. The molecule has 50 heavy (non-hydrogen) atoms. The first-order chi connectivity index (χ1) is 23.4. The Labute approximate surface area is 298 Å². The van der Waals surface area contributed by atoms with Crippen molar-refractivity contribution in [2.75, 3.05) is 40.4 Å². The van der Waals surface area contributed by atoms with Gasteiger partial charge in [0.2, 0.25) is 0 Å². The zero-order valence-electron chi connectivity index (χ0n) is 32.3. The van der Waals surface area contributed by atoms with Crippen LogP contribution in [0.3, 0.4) is 0 Å². The average Bonchev–Trinajstić information content (AvgIpc) is 3.72. The third-order valence-corrected chi connectivity index (χ3v) is 9.49. The van der Waals surface area contributed by atoms with E-state index in [1.54, 1.807) is 14.2 Å². The fourth-order valence-corrected chi connectivity index (χ4v) is 8.21. The fraction of sp³-hybridized carbons (Fsp3) is 0.632. The molecule has 272 valence electrons. The molecule has 5 rings (SSSR count). The second kappa shape index (κ2) is 14.4. The van der Waals surface area contributed by atoms with E-state index < -0.39 is 0 Å². The largest absolute Gasteiger partial charge is 0.497 e. The van der Waals surface area contributed by atoms with Gasteiger partial charge in [0.05, 0.1) is 37.4 Å². The van der Waals surface area contributed by atoms with Gasteiger partial charge in [-0.25, -0.2) is 9.36 Å². The first kappa shape index (κ1) is 37.4. The number of aromatic nitrogens is 8. The first-order valence-corrected chi connectivity index (χ1v) is 17.8. The monoisotopic (exact) mass is 686 g/mol. The van der Waals surface area contributed by atoms with Crippen LogP contribution in [0.4, 0.5) is 0 Å². The third-order valence-electron chi connectivity index (χ3n) is 9.49. The maximum Gasteiger partial charge on any atom is 0.173 e.